The molecule has 0 aliphatic heterocycles. The molecular formula is C10H5ClFN3S. The van der Waals surface area contributed by atoms with Crippen molar-refractivity contribution in [2.45, 2.75) is 0 Å². The fraction of sp³-hybridized carbons (Fsp3) is 0. The number of nitriles is 1. The van der Waals surface area contributed by atoms with Crippen LogP contribution in [0, 0.1) is 17.1 Å². The van der Waals surface area contributed by atoms with Crippen molar-refractivity contribution in [3.63, 3.8) is 0 Å². The highest BCUT2D eigenvalue weighted by molar-refractivity contribution is 7.14. The third-order valence-corrected chi connectivity index (χ3v) is 2.90. The molecule has 0 amide bonds. The van der Waals surface area contributed by atoms with Crippen LogP contribution in [-0.2, 0) is 0 Å². The molecule has 0 radical (unpaired) electrons. The summed E-state index contributed by atoms with van der Waals surface area (Å²) < 4.78 is 13.5. The summed E-state index contributed by atoms with van der Waals surface area (Å²) in [6.45, 7) is 0. The van der Waals surface area contributed by atoms with Gasteiger partial charge in [0.15, 0.2) is 5.13 Å². The normalized spacial score (nSPS) is 9.81. The van der Waals surface area contributed by atoms with Crippen LogP contribution in [0.15, 0.2) is 23.6 Å². The van der Waals surface area contributed by atoms with Crippen LogP contribution in [0.4, 0.5) is 15.2 Å². The summed E-state index contributed by atoms with van der Waals surface area (Å²) in [6, 6.07) is 6.04. The molecule has 6 heteroatoms. The van der Waals surface area contributed by atoms with Gasteiger partial charge in [-0.15, -0.1) is 11.3 Å². The highest BCUT2D eigenvalue weighted by atomic mass is 35.5. The quantitative estimate of drug-likeness (QED) is 0.890. The standard InChI is InChI=1S/C10H5ClFN3S/c11-9-5-16-10(15-9)14-8-2-1-6(4-13)3-7(8)12/h1-3,5H,(H,14,15). The molecule has 0 atom stereocenters. The number of aromatic nitrogens is 1. The van der Waals surface area contributed by atoms with Gasteiger partial charge in [-0.1, -0.05) is 11.6 Å². The number of hydrogen-bond acceptors (Lipinski definition) is 4. The highest BCUT2D eigenvalue weighted by Gasteiger charge is 2.06. The average molecular weight is 254 g/mol. The smallest absolute Gasteiger partial charge is 0.188 e. The Hall–Kier alpha value is -1.64. The van der Waals surface area contributed by atoms with Crippen molar-refractivity contribution in [1.29, 1.82) is 5.26 Å². The Balaban J connectivity index is 2.26. The fourth-order valence-electron chi connectivity index (χ4n) is 1.11. The van der Waals surface area contributed by atoms with Gasteiger partial charge in [0, 0.05) is 5.38 Å². The van der Waals surface area contributed by atoms with E-state index in [0.717, 1.165) is 6.07 Å². The molecule has 3 nitrogen and oxygen atoms in total. The van der Waals surface area contributed by atoms with Crippen LogP contribution in [-0.4, -0.2) is 4.98 Å². The van der Waals surface area contributed by atoms with Crippen LogP contribution in [0.2, 0.25) is 5.15 Å². The van der Waals surface area contributed by atoms with E-state index in [-0.39, 0.29) is 11.3 Å². The minimum atomic E-state index is -0.495. The largest absolute Gasteiger partial charge is 0.329 e. The molecule has 0 saturated carbocycles. The molecule has 0 unspecified atom stereocenters. The zero-order valence-corrected chi connectivity index (χ0v) is 9.44. The summed E-state index contributed by atoms with van der Waals surface area (Å²) in [6.07, 6.45) is 0. The van der Waals surface area contributed by atoms with Gasteiger partial charge in [-0.2, -0.15) is 5.26 Å². The van der Waals surface area contributed by atoms with E-state index < -0.39 is 5.82 Å². The number of thiazole rings is 1. The first-order valence-electron chi connectivity index (χ1n) is 4.27. The lowest BCUT2D eigenvalue weighted by Gasteiger charge is -2.03. The maximum atomic E-state index is 13.5. The summed E-state index contributed by atoms with van der Waals surface area (Å²) in [7, 11) is 0. The molecule has 0 bridgehead atoms. The average Bonchev–Trinajstić information content (AvgIpc) is 2.67. The van der Waals surface area contributed by atoms with Crippen LogP contribution >= 0.6 is 22.9 Å². The molecule has 1 N–H and O–H groups in total. The number of benzene rings is 1. The van der Waals surface area contributed by atoms with Gasteiger partial charge in [-0.25, -0.2) is 9.37 Å². The number of hydrogen-bond donors (Lipinski definition) is 1. The molecule has 16 heavy (non-hydrogen) atoms. The van der Waals surface area contributed by atoms with E-state index in [1.165, 1.54) is 23.5 Å². The number of nitrogens with one attached hydrogen (secondary N) is 1. The predicted molar refractivity (Wildman–Crippen MR) is 61.5 cm³/mol. The van der Waals surface area contributed by atoms with E-state index in [1.807, 2.05) is 6.07 Å². The molecule has 2 aromatic rings. The summed E-state index contributed by atoms with van der Waals surface area (Å²) in [5, 5.41) is 13.9. The molecule has 0 spiro atoms. The Labute approximate surface area is 100 Å². The summed E-state index contributed by atoms with van der Waals surface area (Å²) >= 11 is 6.91. The van der Waals surface area contributed by atoms with E-state index >= 15 is 0 Å². The van der Waals surface area contributed by atoms with Gasteiger partial charge in [0.05, 0.1) is 17.3 Å². The Morgan fingerprint density at radius 1 is 1.50 bits per heavy atom. The molecule has 1 heterocycles. The third kappa shape index (κ3) is 2.30. The zero-order chi connectivity index (χ0) is 11.5. The van der Waals surface area contributed by atoms with E-state index in [9.17, 15) is 4.39 Å². The van der Waals surface area contributed by atoms with Crippen LogP contribution in [0.5, 0.6) is 0 Å². The van der Waals surface area contributed by atoms with Crippen LogP contribution in [0.3, 0.4) is 0 Å². The fourth-order valence-corrected chi connectivity index (χ4v) is 1.96. The van der Waals surface area contributed by atoms with Gasteiger partial charge < -0.3 is 5.32 Å². The molecule has 0 aliphatic carbocycles. The topological polar surface area (TPSA) is 48.7 Å². The minimum absolute atomic E-state index is 0.269. The first kappa shape index (κ1) is 10.9. The second-order valence-electron chi connectivity index (χ2n) is 2.91. The predicted octanol–water partition coefficient (Wildman–Crippen LogP) is 3.55. The molecule has 0 aliphatic rings. The van der Waals surface area contributed by atoms with Crippen molar-refractivity contribution in [3.05, 3.63) is 40.1 Å². The Bertz CT molecular complexity index is 561. The van der Waals surface area contributed by atoms with Crippen molar-refractivity contribution in [2.24, 2.45) is 0 Å². The SMILES string of the molecule is N#Cc1ccc(Nc2nc(Cl)cs2)c(F)c1. The van der Waals surface area contributed by atoms with Crippen molar-refractivity contribution >= 4 is 33.8 Å². The Morgan fingerprint density at radius 2 is 2.31 bits per heavy atom. The minimum Gasteiger partial charge on any atom is -0.329 e. The van der Waals surface area contributed by atoms with Gasteiger partial charge in [0.25, 0.3) is 0 Å². The lowest BCUT2D eigenvalue weighted by atomic mass is 10.2. The molecule has 80 valence electrons. The lowest BCUT2D eigenvalue weighted by molar-refractivity contribution is 0.631. The number of rotatable bonds is 2. The van der Waals surface area contributed by atoms with Gasteiger partial charge in [-0.05, 0) is 18.2 Å². The zero-order valence-electron chi connectivity index (χ0n) is 7.87. The second kappa shape index (κ2) is 4.47. The number of nitrogens with zero attached hydrogens (tertiary/aromatic N) is 2. The third-order valence-electron chi connectivity index (χ3n) is 1.82. The summed E-state index contributed by atoms with van der Waals surface area (Å²) in [5.41, 5.74) is 0.547. The number of anilines is 2. The summed E-state index contributed by atoms with van der Waals surface area (Å²) in [5.74, 6) is -0.495. The van der Waals surface area contributed by atoms with E-state index in [1.54, 1.807) is 5.38 Å². The number of halogens is 2. The van der Waals surface area contributed by atoms with Gasteiger partial charge in [-0.3, -0.25) is 0 Å². The molecule has 1 aromatic carbocycles. The van der Waals surface area contributed by atoms with E-state index in [4.69, 9.17) is 16.9 Å². The van der Waals surface area contributed by atoms with Crippen LogP contribution < -0.4 is 5.32 Å². The van der Waals surface area contributed by atoms with Crippen LogP contribution in [0.1, 0.15) is 5.56 Å². The Morgan fingerprint density at radius 3 is 2.88 bits per heavy atom. The van der Waals surface area contributed by atoms with Crippen molar-refractivity contribution in [3.8, 4) is 6.07 Å². The van der Waals surface area contributed by atoms with Crippen molar-refractivity contribution < 1.29 is 4.39 Å². The Kier molecular flexibility index (Phi) is 3.04. The van der Waals surface area contributed by atoms with Gasteiger partial charge >= 0.3 is 0 Å². The lowest BCUT2D eigenvalue weighted by Crippen LogP contribution is -1.93. The second-order valence-corrected chi connectivity index (χ2v) is 4.15. The highest BCUT2D eigenvalue weighted by Crippen LogP contribution is 2.25. The molecule has 0 fully saturated rings. The maximum absolute atomic E-state index is 13.5. The molecule has 1 aromatic heterocycles. The monoisotopic (exact) mass is 253 g/mol. The van der Waals surface area contributed by atoms with Crippen molar-refractivity contribution in [2.75, 3.05) is 5.32 Å². The van der Waals surface area contributed by atoms with E-state index in [2.05, 4.69) is 10.3 Å². The molecule has 0 saturated heterocycles. The maximum Gasteiger partial charge on any atom is 0.188 e. The molecular weight excluding hydrogens is 249 g/mol. The van der Waals surface area contributed by atoms with Gasteiger partial charge in [0.2, 0.25) is 0 Å². The van der Waals surface area contributed by atoms with Crippen molar-refractivity contribution in [1.82, 2.24) is 4.98 Å². The summed E-state index contributed by atoms with van der Waals surface area (Å²) in [4.78, 5) is 3.93. The molecule has 2 rings (SSSR count). The van der Waals surface area contributed by atoms with Gasteiger partial charge in [0.1, 0.15) is 11.0 Å². The first-order chi connectivity index (χ1) is 7.69. The van der Waals surface area contributed by atoms with Crippen LogP contribution in [0.25, 0.3) is 0 Å². The van der Waals surface area contributed by atoms with E-state index in [0.29, 0.717) is 10.3 Å². The first-order valence-corrected chi connectivity index (χ1v) is 5.52.